The highest BCUT2D eigenvalue weighted by Crippen LogP contribution is 2.23. The van der Waals surface area contributed by atoms with Gasteiger partial charge in [-0.1, -0.05) is 0 Å². The van der Waals surface area contributed by atoms with Crippen molar-refractivity contribution in [3.8, 4) is 0 Å². The minimum Gasteiger partial charge on any atom is -0.362 e. The number of pyridine rings is 1. The fourth-order valence-electron chi connectivity index (χ4n) is 3.76. The van der Waals surface area contributed by atoms with Crippen LogP contribution in [0.4, 0.5) is 8.78 Å². The van der Waals surface area contributed by atoms with Crippen molar-refractivity contribution in [3.63, 3.8) is 0 Å². The van der Waals surface area contributed by atoms with E-state index in [1.165, 1.54) is 0 Å². The van der Waals surface area contributed by atoms with E-state index in [9.17, 15) is 13.6 Å². The summed E-state index contributed by atoms with van der Waals surface area (Å²) in [6.07, 6.45) is 2.82. The average Bonchev–Trinajstić information content (AvgIpc) is 2.65. The number of hydrogen-bond donors (Lipinski definition) is 0. The van der Waals surface area contributed by atoms with E-state index in [0.717, 1.165) is 37.5 Å². The third-order valence-corrected chi connectivity index (χ3v) is 5.32. The Morgan fingerprint density at radius 3 is 2.67 bits per heavy atom. The Morgan fingerprint density at radius 2 is 1.93 bits per heavy atom. The van der Waals surface area contributed by atoms with Gasteiger partial charge in [-0.05, 0) is 12.8 Å². The van der Waals surface area contributed by atoms with Gasteiger partial charge in [-0.15, -0.1) is 0 Å². The van der Waals surface area contributed by atoms with Gasteiger partial charge in [0.25, 0.3) is 5.91 Å². The molecule has 3 aliphatic heterocycles. The normalized spacial score (nSPS) is 23.8. The van der Waals surface area contributed by atoms with E-state index < -0.39 is 11.6 Å². The quantitative estimate of drug-likeness (QED) is 0.774. The van der Waals surface area contributed by atoms with Crippen molar-refractivity contribution in [1.82, 2.24) is 19.7 Å². The number of fused-ring (bicyclic) bond motifs is 1. The first-order valence-corrected chi connectivity index (χ1v) is 9.21. The number of halogens is 2. The summed E-state index contributed by atoms with van der Waals surface area (Å²) in [5, 5.41) is 0. The SMILES string of the molecule is CN1CCCC2C(=O)N=C(N3CCN(Cc4ncc(F)cc4F)CC3)N=C21. The third kappa shape index (κ3) is 3.69. The van der Waals surface area contributed by atoms with Gasteiger partial charge in [0, 0.05) is 52.4 Å². The molecule has 4 heterocycles. The lowest BCUT2D eigenvalue weighted by Gasteiger charge is -2.38. The number of guanidine groups is 1. The van der Waals surface area contributed by atoms with Crippen molar-refractivity contribution < 1.29 is 13.6 Å². The molecule has 2 saturated heterocycles. The monoisotopic (exact) mass is 376 g/mol. The maximum Gasteiger partial charge on any atom is 0.259 e. The predicted molar refractivity (Wildman–Crippen MR) is 96.2 cm³/mol. The molecule has 7 nitrogen and oxygen atoms in total. The molecule has 144 valence electrons. The van der Waals surface area contributed by atoms with Crippen LogP contribution in [0.25, 0.3) is 0 Å². The van der Waals surface area contributed by atoms with E-state index in [1.54, 1.807) is 0 Å². The van der Waals surface area contributed by atoms with Crippen LogP contribution in [0.2, 0.25) is 0 Å². The van der Waals surface area contributed by atoms with E-state index in [0.29, 0.717) is 38.7 Å². The summed E-state index contributed by atoms with van der Waals surface area (Å²) in [5.41, 5.74) is 0.238. The van der Waals surface area contributed by atoms with Crippen LogP contribution in [0, 0.1) is 17.6 Å². The molecular weight excluding hydrogens is 354 g/mol. The van der Waals surface area contributed by atoms with E-state index in [1.807, 2.05) is 21.7 Å². The van der Waals surface area contributed by atoms with Crippen LogP contribution >= 0.6 is 0 Å². The Balaban J connectivity index is 1.40. The van der Waals surface area contributed by atoms with Gasteiger partial charge in [-0.25, -0.2) is 8.78 Å². The number of piperazine rings is 1. The van der Waals surface area contributed by atoms with Crippen molar-refractivity contribution in [1.29, 1.82) is 0 Å². The summed E-state index contributed by atoms with van der Waals surface area (Å²) in [4.78, 5) is 31.2. The minimum absolute atomic E-state index is 0.110. The fraction of sp³-hybridized carbons (Fsp3) is 0.556. The van der Waals surface area contributed by atoms with Gasteiger partial charge in [0.2, 0.25) is 5.96 Å². The summed E-state index contributed by atoms with van der Waals surface area (Å²) in [6.45, 7) is 3.83. The molecule has 27 heavy (non-hydrogen) atoms. The highest BCUT2D eigenvalue weighted by Gasteiger charge is 2.35. The molecule has 4 rings (SSSR count). The Hall–Kier alpha value is -2.42. The Labute approximate surface area is 156 Å². The standard InChI is InChI=1S/C18H22F2N6O/c1-24-4-2-3-13-16(24)22-18(23-17(13)27)26-7-5-25(6-8-26)11-15-14(20)9-12(19)10-21-15/h9-10,13H,2-8,11H2,1H3. The molecule has 0 aliphatic carbocycles. The van der Waals surface area contributed by atoms with E-state index in [-0.39, 0.29) is 17.5 Å². The van der Waals surface area contributed by atoms with Gasteiger partial charge in [0.05, 0.1) is 17.8 Å². The largest absolute Gasteiger partial charge is 0.362 e. The van der Waals surface area contributed by atoms with Crippen LogP contribution in [-0.2, 0) is 11.3 Å². The molecule has 9 heteroatoms. The summed E-state index contributed by atoms with van der Waals surface area (Å²) in [7, 11) is 1.96. The maximum absolute atomic E-state index is 13.8. The van der Waals surface area contributed by atoms with Gasteiger partial charge >= 0.3 is 0 Å². The first-order chi connectivity index (χ1) is 13.0. The predicted octanol–water partition coefficient (Wildman–Crippen LogP) is 1.11. The number of nitrogens with zero attached hydrogens (tertiary/aromatic N) is 6. The highest BCUT2D eigenvalue weighted by atomic mass is 19.1. The van der Waals surface area contributed by atoms with Crippen molar-refractivity contribution in [3.05, 3.63) is 29.6 Å². The van der Waals surface area contributed by atoms with Crippen LogP contribution in [0.5, 0.6) is 0 Å². The number of rotatable bonds is 2. The summed E-state index contributed by atoms with van der Waals surface area (Å²) in [6, 6.07) is 0.855. The number of carbonyl (C=O) groups excluding carboxylic acids is 1. The second-order valence-corrected chi connectivity index (χ2v) is 7.18. The molecule has 1 aromatic rings. The van der Waals surface area contributed by atoms with Gasteiger partial charge in [-0.3, -0.25) is 14.7 Å². The topological polar surface area (TPSA) is 64.4 Å². The molecule has 1 amide bonds. The summed E-state index contributed by atoms with van der Waals surface area (Å²) in [5.74, 6) is -0.325. The van der Waals surface area contributed by atoms with Crippen molar-refractivity contribution >= 4 is 17.7 Å². The lowest BCUT2D eigenvalue weighted by molar-refractivity contribution is -0.120. The molecular formula is C18H22F2N6O. The zero-order valence-corrected chi connectivity index (χ0v) is 15.2. The lowest BCUT2D eigenvalue weighted by atomic mass is 9.95. The molecule has 3 aliphatic rings. The smallest absolute Gasteiger partial charge is 0.259 e. The second kappa shape index (κ2) is 7.30. The molecule has 0 saturated carbocycles. The zero-order chi connectivity index (χ0) is 19.0. The first-order valence-electron chi connectivity index (χ1n) is 9.21. The first kappa shape index (κ1) is 18.0. The van der Waals surface area contributed by atoms with Crippen LogP contribution in [-0.4, -0.2) is 77.2 Å². The van der Waals surface area contributed by atoms with Gasteiger partial charge in [0.1, 0.15) is 17.5 Å². The molecule has 0 radical (unpaired) electrons. The van der Waals surface area contributed by atoms with Crippen molar-refractivity contribution in [2.45, 2.75) is 19.4 Å². The number of amidine groups is 1. The molecule has 1 aromatic heterocycles. The molecule has 1 unspecified atom stereocenters. The van der Waals surface area contributed by atoms with Crippen molar-refractivity contribution in [2.75, 3.05) is 39.8 Å². The summed E-state index contributed by atoms with van der Waals surface area (Å²) < 4.78 is 26.8. The van der Waals surface area contributed by atoms with Gasteiger partial charge < -0.3 is 9.80 Å². The number of aromatic nitrogens is 1. The van der Waals surface area contributed by atoms with Gasteiger partial charge in [0.15, 0.2) is 0 Å². The second-order valence-electron chi connectivity index (χ2n) is 7.18. The maximum atomic E-state index is 13.8. The number of aliphatic imine (C=N–C) groups is 2. The number of likely N-dealkylation sites (tertiary alicyclic amines) is 1. The van der Waals surface area contributed by atoms with E-state index in [2.05, 4.69) is 15.0 Å². The van der Waals surface area contributed by atoms with E-state index in [4.69, 9.17) is 0 Å². The zero-order valence-electron chi connectivity index (χ0n) is 15.2. The number of amides is 1. The van der Waals surface area contributed by atoms with Gasteiger partial charge in [-0.2, -0.15) is 9.98 Å². The lowest BCUT2D eigenvalue weighted by Crippen LogP contribution is -2.51. The molecule has 0 aromatic carbocycles. The van der Waals surface area contributed by atoms with Crippen LogP contribution in [0.3, 0.4) is 0 Å². The van der Waals surface area contributed by atoms with Crippen LogP contribution in [0.15, 0.2) is 22.2 Å². The minimum atomic E-state index is -0.675. The molecule has 0 N–H and O–H groups in total. The highest BCUT2D eigenvalue weighted by molar-refractivity contribution is 6.14. The molecule has 1 atom stereocenters. The Morgan fingerprint density at radius 1 is 1.15 bits per heavy atom. The van der Waals surface area contributed by atoms with E-state index >= 15 is 0 Å². The molecule has 0 spiro atoms. The fourth-order valence-corrected chi connectivity index (χ4v) is 3.76. The summed E-state index contributed by atoms with van der Waals surface area (Å²) >= 11 is 0. The third-order valence-electron chi connectivity index (χ3n) is 5.32. The van der Waals surface area contributed by atoms with Crippen LogP contribution in [0.1, 0.15) is 18.5 Å². The van der Waals surface area contributed by atoms with Crippen LogP contribution < -0.4 is 0 Å². The Kier molecular flexibility index (Phi) is 4.86. The number of hydrogen-bond acceptors (Lipinski definition) is 6. The Bertz CT molecular complexity index is 803. The molecule has 2 fully saturated rings. The number of piperidine rings is 1. The number of carbonyl (C=O) groups is 1. The van der Waals surface area contributed by atoms with Crippen molar-refractivity contribution in [2.24, 2.45) is 15.9 Å². The molecule has 0 bridgehead atoms. The average molecular weight is 376 g/mol.